The summed E-state index contributed by atoms with van der Waals surface area (Å²) in [6, 6.07) is 11.5. The number of rotatable bonds is 4. The first-order chi connectivity index (χ1) is 12.9. The summed E-state index contributed by atoms with van der Waals surface area (Å²) in [5, 5.41) is 13.8. The van der Waals surface area contributed by atoms with Crippen LogP contribution in [-0.4, -0.2) is 20.7 Å². The molecule has 0 unspecified atom stereocenters. The summed E-state index contributed by atoms with van der Waals surface area (Å²) in [7, 11) is 0. The van der Waals surface area contributed by atoms with E-state index in [1.807, 2.05) is 49.7 Å². The van der Waals surface area contributed by atoms with Gasteiger partial charge in [-0.15, -0.1) is 0 Å². The van der Waals surface area contributed by atoms with Crippen LogP contribution in [0.1, 0.15) is 38.6 Å². The average molecular weight is 360 g/mol. The van der Waals surface area contributed by atoms with E-state index in [9.17, 15) is 4.79 Å². The number of aromatic nitrogens is 3. The molecule has 0 saturated heterocycles. The quantitative estimate of drug-likeness (QED) is 0.422. The number of nitrogen functional groups attached to an aromatic ring is 1. The third-order valence-electron chi connectivity index (χ3n) is 4.54. The van der Waals surface area contributed by atoms with Gasteiger partial charge in [-0.05, 0) is 55.7 Å². The topological polar surface area (TPSA) is 110 Å². The Balaban J connectivity index is 1.91. The van der Waals surface area contributed by atoms with Crippen molar-refractivity contribution in [2.45, 2.75) is 27.3 Å². The summed E-state index contributed by atoms with van der Waals surface area (Å²) in [4.78, 5) is 15.6. The number of pyridine rings is 1. The second kappa shape index (κ2) is 7.40. The molecule has 3 rings (SSSR count). The number of hydrazine groups is 1. The lowest BCUT2D eigenvalue weighted by Gasteiger charge is -2.08. The van der Waals surface area contributed by atoms with Crippen molar-refractivity contribution in [3.8, 4) is 17.2 Å². The summed E-state index contributed by atoms with van der Waals surface area (Å²) in [6.45, 7) is 6.47. The highest BCUT2D eigenvalue weighted by Gasteiger charge is 2.15. The summed E-state index contributed by atoms with van der Waals surface area (Å²) in [5.74, 6) is 4.69. The van der Waals surface area contributed by atoms with Crippen LogP contribution in [0.4, 0.5) is 0 Å². The standard InChI is InChI=1S/C20H20N6O/c1-12-8-16(5-6-17(12)9-21)19-13(2)25-26(14(19)3)11-15-4-7-18(23-10-15)20(27)24-22/h4-8,10H,11,22H2,1-3H3,(H,24,27). The fourth-order valence-electron chi connectivity index (χ4n) is 3.11. The van der Waals surface area contributed by atoms with Crippen molar-refractivity contribution >= 4 is 5.91 Å². The number of nitriles is 1. The van der Waals surface area contributed by atoms with Crippen LogP contribution in [0.25, 0.3) is 11.1 Å². The number of hydrogen-bond acceptors (Lipinski definition) is 5. The number of carbonyl (C=O) groups is 1. The van der Waals surface area contributed by atoms with Crippen LogP contribution in [0, 0.1) is 32.1 Å². The van der Waals surface area contributed by atoms with Crippen LogP contribution >= 0.6 is 0 Å². The van der Waals surface area contributed by atoms with Crippen molar-refractivity contribution in [3.63, 3.8) is 0 Å². The van der Waals surface area contributed by atoms with Gasteiger partial charge in [0.05, 0.1) is 23.9 Å². The van der Waals surface area contributed by atoms with E-state index >= 15 is 0 Å². The molecule has 136 valence electrons. The highest BCUT2D eigenvalue weighted by molar-refractivity contribution is 5.91. The number of amides is 1. The third kappa shape index (κ3) is 3.57. The number of benzene rings is 1. The van der Waals surface area contributed by atoms with Crippen molar-refractivity contribution < 1.29 is 4.79 Å². The Morgan fingerprint density at radius 1 is 1.26 bits per heavy atom. The third-order valence-corrected chi connectivity index (χ3v) is 4.54. The maximum absolute atomic E-state index is 11.5. The molecular weight excluding hydrogens is 340 g/mol. The van der Waals surface area contributed by atoms with Crippen LogP contribution in [0.2, 0.25) is 0 Å². The van der Waals surface area contributed by atoms with Gasteiger partial charge < -0.3 is 0 Å². The van der Waals surface area contributed by atoms with E-state index in [-0.39, 0.29) is 5.69 Å². The molecule has 0 radical (unpaired) electrons. The van der Waals surface area contributed by atoms with Gasteiger partial charge in [0.1, 0.15) is 5.69 Å². The van der Waals surface area contributed by atoms with Gasteiger partial charge in [-0.3, -0.25) is 19.9 Å². The first-order valence-corrected chi connectivity index (χ1v) is 8.45. The molecule has 2 aromatic heterocycles. The largest absolute Gasteiger partial charge is 0.289 e. The molecule has 0 fully saturated rings. The molecule has 0 aliphatic heterocycles. The molecular formula is C20H20N6O. The maximum atomic E-state index is 11.5. The second-order valence-electron chi connectivity index (χ2n) is 6.37. The van der Waals surface area contributed by atoms with Crippen molar-refractivity contribution in [2.24, 2.45) is 5.84 Å². The fourth-order valence-corrected chi connectivity index (χ4v) is 3.11. The molecule has 0 aliphatic rings. The zero-order valence-corrected chi connectivity index (χ0v) is 15.4. The minimum Gasteiger partial charge on any atom is -0.289 e. The van der Waals surface area contributed by atoms with Gasteiger partial charge in [0.2, 0.25) is 0 Å². The van der Waals surface area contributed by atoms with Gasteiger partial charge in [-0.1, -0.05) is 12.1 Å². The van der Waals surface area contributed by atoms with Gasteiger partial charge in [-0.2, -0.15) is 10.4 Å². The minimum absolute atomic E-state index is 0.267. The van der Waals surface area contributed by atoms with Crippen molar-refractivity contribution in [2.75, 3.05) is 0 Å². The van der Waals surface area contributed by atoms with Crippen LogP contribution in [-0.2, 0) is 6.54 Å². The number of nitrogens with one attached hydrogen (secondary N) is 1. The molecule has 7 heteroatoms. The smallest absolute Gasteiger partial charge is 0.283 e. The zero-order chi connectivity index (χ0) is 19.6. The molecule has 27 heavy (non-hydrogen) atoms. The van der Waals surface area contributed by atoms with Crippen LogP contribution < -0.4 is 11.3 Å². The Morgan fingerprint density at radius 2 is 2.04 bits per heavy atom. The highest BCUT2D eigenvalue weighted by Crippen LogP contribution is 2.29. The summed E-state index contributed by atoms with van der Waals surface area (Å²) in [5.41, 5.74) is 8.93. The van der Waals surface area contributed by atoms with Crippen LogP contribution in [0.5, 0.6) is 0 Å². The molecule has 0 aliphatic carbocycles. The summed E-state index contributed by atoms with van der Waals surface area (Å²) >= 11 is 0. The number of nitrogens with zero attached hydrogens (tertiary/aromatic N) is 4. The highest BCUT2D eigenvalue weighted by atomic mass is 16.2. The predicted octanol–water partition coefficient (Wildman–Crippen LogP) is 2.39. The van der Waals surface area contributed by atoms with E-state index in [1.54, 1.807) is 12.3 Å². The van der Waals surface area contributed by atoms with E-state index in [0.717, 1.165) is 33.6 Å². The van der Waals surface area contributed by atoms with Crippen molar-refractivity contribution in [1.29, 1.82) is 5.26 Å². The zero-order valence-electron chi connectivity index (χ0n) is 15.4. The molecule has 3 aromatic rings. The van der Waals surface area contributed by atoms with Gasteiger partial charge in [0.15, 0.2) is 0 Å². The SMILES string of the molecule is Cc1cc(-c2c(C)nn(Cc3ccc(C(=O)NN)nc3)c2C)ccc1C#N. The van der Waals surface area contributed by atoms with Crippen LogP contribution in [0.15, 0.2) is 36.5 Å². The molecule has 3 N–H and O–H groups in total. The second-order valence-corrected chi connectivity index (χ2v) is 6.37. The first kappa shape index (κ1) is 18.3. The molecule has 0 saturated carbocycles. The maximum Gasteiger partial charge on any atom is 0.283 e. The Hall–Kier alpha value is -3.50. The normalized spacial score (nSPS) is 10.5. The van der Waals surface area contributed by atoms with Crippen molar-refractivity contribution in [1.82, 2.24) is 20.2 Å². The molecule has 2 heterocycles. The average Bonchev–Trinajstić information content (AvgIpc) is 2.95. The summed E-state index contributed by atoms with van der Waals surface area (Å²) < 4.78 is 1.91. The Morgan fingerprint density at radius 3 is 2.63 bits per heavy atom. The molecule has 0 bridgehead atoms. The Kier molecular flexibility index (Phi) is 5.01. The number of hydrogen-bond donors (Lipinski definition) is 2. The first-order valence-electron chi connectivity index (χ1n) is 8.45. The Labute approximate surface area is 157 Å². The lowest BCUT2D eigenvalue weighted by Crippen LogP contribution is -2.30. The molecule has 7 nitrogen and oxygen atoms in total. The fraction of sp³-hybridized carbons (Fsp3) is 0.200. The van der Waals surface area contributed by atoms with E-state index in [1.165, 1.54) is 0 Å². The molecule has 1 amide bonds. The van der Waals surface area contributed by atoms with Gasteiger partial charge in [0.25, 0.3) is 5.91 Å². The summed E-state index contributed by atoms with van der Waals surface area (Å²) in [6.07, 6.45) is 1.65. The monoisotopic (exact) mass is 360 g/mol. The Bertz CT molecular complexity index is 1040. The van der Waals surface area contributed by atoms with E-state index in [0.29, 0.717) is 12.1 Å². The molecule has 1 aromatic carbocycles. The van der Waals surface area contributed by atoms with E-state index < -0.39 is 5.91 Å². The van der Waals surface area contributed by atoms with Crippen molar-refractivity contribution in [3.05, 3.63) is 70.3 Å². The van der Waals surface area contributed by atoms with E-state index in [2.05, 4.69) is 21.6 Å². The van der Waals surface area contributed by atoms with Gasteiger partial charge in [0, 0.05) is 17.5 Å². The van der Waals surface area contributed by atoms with Gasteiger partial charge in [-0.25, -0.2) is 5.84 Å². The number of carbonyl (C=O) groups excluding carboxylic acids is 1. The van der Waals surface area contributed by atoms with Gasteiger partial charge >= 0.3 is 0 Å². The van der Waals surface area contributed by atoms with Crippen LogP contribution in [0.3, 0.4) is 0 Å². The van der Waals surface area contributed by atoms with E-state index in [4.69, 9.17) is 11.1 Å². The minimum atomic E-state index is -0.425. The predicted molar refractivity (Wildman–Crippen MR) is 102 cm³/mol. The molecule has 0 spiro atoms. The molecule has 0 atom stereocenters. The lowest BCUT2D eigenvalue weighted by atomic mass is 9.99. The number of aryl methyl sites for hydroxylation is 2. The lowest BCUT2D eigenvalue weighted by molar-refractivity contribution is 0.0948. The number of nitrogens with two attached hydrogens (primary N) is 1.